The first kappa shape index (κ1) is 16.7. The van der Waals surface area contributed by atoms with Crippen LogP contribution in [0.1, 0.15) is 16.8 Å². The molecule has 22 heavy (non-hydrogen) atoms. The molecular formula is C13H19ClN4O4. The van der Waals surface area contributed by atoms with Crippen molar-refractivity contribution in [2.75, 3.05) is 44.5 Å². The highest BCUT2D eigenvalue weighted by atomic mass is 35.5. The molecule has 0 amide bonds. The number of aromatic nitrogens is 2. The minimum Gasteiger partial charge on any atom is -0.384 e. The zero-order valence-corrected chi connectivity index (χ0v) is 12.9. The van der Waals surface area contributed by atoms with Gasteiger partial charge in [0.15, 0.2) is 5.78 Å². The minimum absolute atomic E-state index is 0.124. The average Bonchev–Trinajstić information content (AvgIpc) is 2.51. The Morgan fingerprint density at radius 3 is 2.59 bits per heavy atom. The number of carbonyl (C=O) groups excluding carboxylic acids is 1. The maximum Gasteiger partial charge on any atom is 0.329 e. The van der Waals surface area contributed by atoms with Crippen LogP contribution < -0.4 is 17.0 Å². The lowest BCUT2D eigenvalue weighted by Crippen LogP contribution is -2.39. The van der Waals surface area contributed by atoms with E-state index in [4.69, 9.17) is 22.1 Å². The zero-order chi connectivity index (χ0) is 16.1. The normalized spacial score (nSPS) is 15.9. The predicted octanol–water partition coefficient (Wildman–Crippen LogP) is -0.737. The zero-order valence-electron chi connectivity index (χ0n) is 12.1. The molecule has 0 spiro atoms. The van der Waals surface area contributed by atoms with Crippen LogP contribution in [0.5, 0.6) is 0 Å². The van der Waals surface area contributed by atoms with Crippen LogP contribution in [0.25, 0.3) is 0 Å². The van der Waals surface area contributed by atoms with Gasteiger partial charge < -0.3 is 10.5 Å². The lowest BCUT2D eigenvalue weighted by Gasteiger charge is -2.26. The summed E-state index contributed by atoms with van der Waals surface area (Å²) in [5.41, 5.74) is 4.15. The van der Waals surface area contributed by atoms with Gasteiger partial charge in [0.05, 0.1) is 19.1 Å². The summed E-state index contributed by atoms with van der Waals surface area (Å²) < 4.78 is 6.47. The molecule has 8 nitrogen and oxygen atoms in total. The van der Waals surface area contributed by atoms with E-state index < -0.39 is 17.0 Å². The van der Waals surface area contributed by atoms with Gasteiger partial charge in [-0.15, -0.1) is 11.6 Å². The number of hydrogen-bond acceptors (Lipinski definition) is 6. The number of aromatic amines is 1. The number of anilines is 1. The van der Waals surface area contributed by atoms with Crippen molar-refractivity contribution in [3.05, 3.63) is 26.4 Å². The first-order valence-electron chi connectivity index (χ1n) is 7.06. The number of nitrogens with two attached hydrogens (primary N) is 1. The van der Waals surface area contributed by atoms with Gasteiger partial charge in [-0.2, -0.15) is 0 Å². The fourth-order valence-corrected chi connectivity index (χ4v) is 2.56. The van der Waals surface area contributed by atoms with Crippen LogP contribution in [0.15, 0.2) is 9.59 Å². The van der Waals surface area contributed by atoms with E-state index in [-0.39, 0.29) is 17.3 Å². The largest absolute Gasteiger partial charge is 0.384 e. The fourth-order valence-electron chi connectivity index (χ4n) is 2.42. The standard InChI is InChI=1S/C13H19ClN4O4/c14-8-9(19)10-11(15)18(13(21)16-12(10)20)3-1-2-17-4-6-22-7-5-17/h1-8,15H2,(H,16,20,21). The first-order valence-corrected chi connectivity index (χ1v) is 7.60. The molecule has 3 N–H and O–H groups in total. The maximum atomic E-state index is 11.9. The Balaban J connectivity index is 2.11. The Bertz CT molecular complexity index is 648. The second-order valence-electron chi connectivity index (χ2n) is 5.04. The Hall–Kier alpha value is -1.64. The number of ether oxygens (including phenoxy) is 1. The number of alkyl halides is 1. The Morgan fingerprint density at radius 1 is 1.27 bits per heavy atom. The first-order chi connectivity index (χ1) is 10.5. The summed E-state index contributed by atoms with van der Waals surface area (Å²) in [6.45, 7) is 4.22. The van der Waals surface area contributed by atoms with E-state index in [1.807, 2.05) is 0 Å². The molecule has 0 bridgehead atoms. The molecule has 0 radical (unpaired) electrons. The van der Waals surface area contributed by atoms with Gasteiger partial charge in [0.2, 0.25) is 0 Å². The van der Waals surface area contributed by atoms with Crippen LogP contribution >= 0.6 is 11.6 Å². The van der Waals surface area contributed by atoms with Crippen molar-refractivity contribution < 1.29 is 9.53 Å². The van der Waals surface area contributed by atoms with E-state index in [1.54, 1.807) is 0 Å². The molecule has 0 atom stereocenters. The number of Topliss-reactive ketones (excluding diaryl/α,β-unsaturated/α-hetero) is 1. The number of rotatable bonds is 6. The van der Waals surface area contributed by atoms with Gasteiger partial charge in [-0.05, 0) is 6.42 Å². The lowest BCUT2D eigenvalue weighted by atomic mass is 10.2. The highest BCUT2D eigenvalue weighted by Crippen LogP contribution is 2.07. The van der Waals surface area contributed by atoms with E-state index in [9.17, 15) is 14.4 Å². The van der Waals surface area contributed by atoms with Gasteiger partial charge in [-0.1, -0.05) is 0 Å². The fraction of sp³-hybridized carbons (Fsp3) is 0.615. The number of nitrogens with zero attached hydrogens (tertiary/aromatic N) is 2. The lowest BCUT2D eigenvalue weighted by molar-refractivity contribution is 0.0369. The molecule has 9 heteroatoms. The SMILES string of the molecule is Nc1c(C(=O)CCl)c(=O)[nH]c(=O)n1CCCN1CCOCC1. The number of morpholine rings is 1. The van der Waals surface area contributed by atoms with E-state index >= 15 is 0 Å². The Kier molecular flexibility index (Phi) is 5.76. The van der Waals surface area contributed by atoms with Crippen molar-refractivity contribution in [3.63, 3.8) is 0 Å². The van der Waals surface area contributed by atoms with Crippen LogP contribution in [-0.2, 0) is 11.3 Å². The van der Waals surface area contributed by atoms with E-state index in [1.165, 1.54) is 4.57 Å². The summed E-state index contributed by atoms with van der Waals surface area (Å²) in [5.74, 6) is -1.08. The molecule has 1 aromatic rings. The van der Waals surface area contributed by atoms with Gasteiger partial charge >= 0.3 is 5.69 Å². The topological polar surface area (TPSA) is 110 Å². The summed E-state index contributed by atoms with van der Waals surface area (Å²) in [6, 6.07) is 0. The summed E-state index contributed by atoms with van der Waals surface area (Å²) in [6.07, 6.45) is 0.671. The number of hydrogen-bond donors (Lipinski definition) is 2. The second kappa shape index (κ2) is 7.57. The molecule has 0 saturated carbocycles. The monoisotopic (exact) mass is 330 g/mol. The predicted molar refractivity (Wildman–Crippen MR) is 82.7 cm³/mol. The molecular weight excluding hydrogens is 312 g/mol. The Morgan fingerprint density at radius 2 is 1.95 bits per heavy atom. The molecule has 1 aliphatic heterocycles. The molecule has 1 saturated heterocycles. The third kappa shape index (κ3) is 3.76. The summed E-state index contributed by atoms with van der Waals surface area (Å²) >= 11 is 5.46. The Labute approximate surface area is 131 Å². The van der Waals surface area contributed by atoms with E-state index in [2.05, 4.69) is 9.88 Å². The van der Waals surface area contributed by atoms with Gasteiger partial charge in [-0.3, -0.25) is 24.0 Å². The highest BCUT2D eigenvalue weighted by molar-refractivity contribution is 6.31. The van der Waals surface area contributed by atoms with Crippen molar-refractivity contribution in [2.45, 2.75) is 13.0 Å². The van der Waals surface area contributed by atoms with Crippen molar-refractivity contribution >= 4 is 23.2 Å². The summed E-state index contributed by atoms with van der Waals surface area (Å²) in [4.78, 5) is 39.5. The van der Waals surface area contributed by atoms with Crippen LogP contribution in [0.2, 0.25) is 0 Å². The van der Waals surface area contributed by atoms with E-state index in [0.29, 0.717) is 26.2 Å². The van der Waals surface area contributed by atoms with Crippen molar-refractivity contribution in [3.8, 4) is 0 Å². The molecule has 0 aromatic carbocycles. The molecule has 1 aromatic heterocycles. The average molecular weight is 331 g/mol. The number of nitrogen functional groups attached to an aromatic ring is 1. The third-order valence-electron chi connectivity index (χ3n) is 3.60. The van der Waals surface area contributed by atoms with E-state index in [0.717, 1.165) is 19.6 Å². The quantitative estimate of drug-likeness (QED) is 0.525. The number of halogens is 1. The molecule has 1 fully saturated rings. The van der Waals surface area contributed by atoms with Crippen LogP contribution in [-0.4, -0.2) is 59.0 Å². The highest BCUT2D eigenvalue weighted by Gasteiger charge is 2.18. The van der Waals surface area contributed by atoms with Gasteiger partial charge in [0.25, 0.3) is 5.56 Å². The van der Waals surface area contributed by atoms with Crippen molar-refractivity contribution in [2.24, 2.45) is 0 Å². The third-order valence-corrected chi connectivity index (χ3v) is 3.84. The van der Waals surface area contributed by atoms with Gasteiger partial charge in [0, 0.05) is 26.2 Å². The summed E-state index contributed by atoms with van der Waals surface area (Å²) in [5, 5.41) is 0. The van der Waals surface area contributed by atoms with Gasteiger partial charge in [0.1, 0.15) is 11.4 Å². The number of carbonyl (C=O) groups is 1. The maximum absolute atomic E-state index is 11.9. The van der Waals surface area contributed by atoms with Gasteiger partial charge in [-0.25, -0.2) is 4.79 Å². The van der Waals surface area contributed by atoms with Crippen LogP contribution in [0, 0.1) is 0 Å². The molecule has 122 valence electrons. The minimum atomic E-state index is -0.794. The molecule has 1 aliphatic rings. The van der Waals surface area contributed by atoms with Crippen molar-refractivity contribution in [1.29, 1.82) is 0 Å². The smallest absolute Gasteiger partial charge is 0.329 e. The molecule has 2 heterocycles. The number of H-pyrrole nitrogens is 1. The number of ketones is 1. The summed E-state index contributed by atoms with van der Waals surface area (Å²) in [7, 11) is 0. The second-order valence-corrected chi connectivity index (χ2v) is 5.30. The van der Waals surface area contributed by atoms with Crippen LogP contribution in [0.4, 0.5) is 5.82 Å². The number of nitrogens with one attached hydrogen (secondary N) is 1. The van der Waals surface area contributed by atoms with Crippen molar-refractivity contribution in [1.82, 2.24) is 14.5 Å². The molecule has 0 unspecified atom stereocenters. The molecule has 2 rings (SSSR count). The molecule has 0 aliphatic carbocycles. The van der Waals surface area contributed by atoms with Crippen LogP contribution in [0.3, 0.4) is 0 Å².